The van der Waals surface area contributed by atoms with Gasteiger partial charge in [0.2, 0.25) is 0 Å². The molecule has 0 bridgehead atoms. The van der Waals surface area contributed by atoms with E-state index < -0.39 is 5.54 Å². The summed E-state index contributed by atoms with van der Waals surface area (Å²) in [7, 11) is 0. The monoisotopic (exact) mass is 582 g/mol. The first-order chi connectivity index (χ1) is 20.2. The summed E-state index contributed by atoms with van der Waals surface area (Å²) in [5.74, 6) is 1.80. The number of aromatic amines is 1. The van der Waals surface area contributed by atoms with E-state index in [1.54, 1.807) is 40.7 Å². The SMILES string of the molecule is [C-]#[N+]c1ccc(N2C(=O)C3(CCC3)N(c3cc(-c4nn5c(CCC)nc(C)c5c(=O)[nH]4)c(OCC)cn3)C2=S)cc1C. The van der Waals surface area contributed by atoms with Gasteiger partial charge in [-0.05, 0) is 82.4 Å². The number of amides is 1. The third kappa shape index (κ3) is 4.07. The Hall–Kier alpha value is -4.63. The third-order valence-electron chi connectivity index (χ3n) is 8.00. The van der Waals surface area contributed by atoms with Crippen LogP contribution in [0.25, 0.3) is 21.7 Å². The van der Waals surface area contributed by atoms with E-state index in [9.17, 15) is 9.59 Å². The Bertz CT molecular complexity index is 1870. The largest absolute Gasteiger partial charge is 0.491 e. The van der Waals surface area contributed by atoms with Crippen LogP contribution in [0.3, 0.4) is 0 Å². The van der Waals surface area contributed by atoms with E-state index in [1.165, 1.54) is 0 Å². The second-order valence-electron chi connectivity index (χ2n) is 10.6. The Balaban J connectivity index is 1.49. The van der Waals surface area contributed by atoms with Crippen LogP contribution in [0.15, 0.2) is 35.3 Å². The lowest BCUT2D eigenvalue weighted by atomic mass is 9.75. The third-order valence-corrected chi connectivity index (χ3v) is 8.37. The van der Waals surface area contributed by atoms with E-state index in [0.717, 1.165) is 18.4 Å². The van der Waals surface area contributed by atoms with Gasteiger partial charge in [0.1, 0.15) is 22.9 Å². The summed E-state index contributed by atoms with van der Waals surface area (Å²) in [6.45, 7) is 15.3. The van der Waals surface area contributed by atoms with Crippen molar-refractivity contribution < 1.29 is 9.53 Å². The number of nitrogens with one attached hydrogen (secondary N) is 1. The summed E-state index contributed by atoms with van der Waals surface area (Å²) in [5, 5.41) is 5.10. The zero-order chi connectivity index (χ0) is 29.8. The zero-order valence-corrected chi connectivity index (χ0v) is 24.7. The lowest BCUT2D eigenvalue weighted by molar-refractivity contribution is -0.123. The fourth-order valence-corrected chi connectivity index (χ4v) is 6.28. The van der Waals surface area contributed by atoms with E-state index in [1.807, 2.05) is 31.7 Å². The van der Waals surface area contributed by atoms with Crippen LogP contribution in [0.2, 0.25) is 0 Å². The lowest BCUT2D eigenvalue weighted by Crippen LogP contribution is -2.55. The maximum atomic E-state index is 14.0. The molecule has 0 unspecified atom stereocenters. The van der Waals surface area contributed by atoms with Crippen molar-refractivity contribution >= 4 is 45.9 Å². The predicted octanol–water partition coefficient (Wildman–Crippen LogP) is 5.06. The highest BCUT2D eigenvalue weighted by Crippen LogP contribution is 2.48. The van der Waals surface area contributed by atoms with Gasteiger partial charge in [-0.3, -0.25) is 19.4 Å². The van der Waals surface area contributed by atoms with Crippen molar-refractivity contribution in [1.29, 1.82) is 0 Å². The number of benzene rings is 1. The molecule has 1 aromatic carbocycles. The summed E-state index contributed by atoms with van der Waals surface area (Å²) in [6.07, 6.45) is 5.24. The number of carbonyl (C=O) groups is 1. The van der Waals surface area contributed by atoms with Gasteiger partial charge >= 0.3 is 0 Å². The molecule has 4 heterocycles. The van der Waals surface area contributed by atoms with E-state index in [4.69, 9.17) is 33.6 Å². The van der Waals surface area contributed by atoms with E-state index in [0.29, 0.717) is 82.3 Å². The van der Waals surface area contributed by atoms with Gasteiger partial charge in [0, 0.05) is 12.1 Å². The van der Waals surface area contributed by atoms with Gasteiger partial charge in [-0.25, -0.2) is 19.3 Å². The maximum Gasteiger partial charge on any atom is 0.277 e. The number of thiocarbonyl (C=S) groups is 1. The quantitative estimate of drug-likeness (QED) is 0.238. The van der Waals surface area contributed by atoms with Crippen LogP contribution < -0.4 is 20.1 Å². The van der Waals surface area contributed by atoms with Crippen molar-refractivity contribution in [1.82, 2.24) is 24.6 Å². The van der Waals surface area contributed by atoms with Gasteiger partial charge in [0.05, 0.1) is 30.6 Å². The molecule has 6 rings (SSSR count). The van der Waals surface area contributed by atoms with Crippen LogP contribution in [0.1, 0.15) is 56.6 Å². The number of rotatable bonds is 7. The number of hydrogen-bond donors (Lipinski definition) is 1. The number of aromatic nitrogens is 5. The molecule has 1 aliphatic carbocycles. The Morgan fingerprint density at radius 3 is 2.62 bits per heavy atom. The molecule has 2 aliphatic rings. The van der Waals surface area contributed by atoms with Gasteiger partial charge in [0.25, 0.3) is 11.5 Å². The number of imidazole rings is 1. The second-order valence-corrected chi connectivity index (χ2v) is 11.0. The van der Waals surface area contributed by atoms with Gasteiger partial charge < -0.3 is 9.72 Å². The van der Waals surface area contributed by atoms with Gasteiger partial charge in [-0.15, -0.1) is 5.10 Å². The standard InChI is InChI=1S/C30H30N8O3S/c1-6-9-23-33-18(4)25-27(39)34-26(35-38(23)25)20-15-24(32-16-22(20)41-7-2)37-29(42)36(28(40)30(37)12-8-13-30)19-10-11-21(31-5)17(3)14-19/h10-11,14-16H,6-9,12-13H2,1-4H3,(H,34,35,39). The van der Waals surface area contributed by atoms with Crippen LogP contribution in [0.5, 0.6) is 5.75 Å². The van der Waals surface area contributed by atoms with Gasteiger partial charge in [0.15, 0.2) is 22.1 Å². The number of hydrogen-bond acceptors (Lipinski definition) is 7. The fourth-order valence-electron chi connectivity index (χ4n) is 5.82. The molecule has 1 spiro atoms. The van der Waals surface area contributed by atoms with Crippen LogP contribution >= 0.6 is 12.2 Å². The predicted molar refractivity (Wildman–Crippen MR) is 163 cm³/mol. The minimum absolute atomic E-state index is 0.114. The van der Waals surface area contributed by atoms with Gasteiger partial charge in [-0.2, -0.15) is 0 Å². The highest BCUT2D eigenvalue weighted by Gasteiger charge is 2.60. The molecule has 1 aliphatic heterocycles. The number of ether oxygens (including phenoxy) is 1. The summed E-state index contributed by atoms with van der Waals surface area (Å²) in [4.78, 5) is 46.3. The minimum Gasteiger partial charge on any atom is -0.491 e. The van der Waals surface area contributed by atoms with Gasteiger partial charge in [-0.1, -0.05) is 13.0 Å². The number of nitrogens with zero attached hydrogens (tertiary/aromatic N) is 7. The number of anilines is 2. The lowest BCUT2D eigenvalue weighted by Gasteiger charge is -2.42. The molecule has 1 saturated heterocycles. The van der Waals surface area contributed by atoms with Crippen molar-refractivity contribution in [3.63, 3.8) is 0 Å². The van der Waals surface area contributed by atoms with Crippen LogP contribution in [-0.4, -0.2) is 47.7 Å². The molecule has 214 valence electrons. The highest BCUT2D eigenvalue weighted by molar-refractivity contribution is 7.81. The number of fused-ring (bicyclic) bond motifs is 1. The number of carbonyl (C=O) groups excluding carboxylic acids is 1. The highest BCUT2D eigenvalue weighted by atomic mass is 32.1. The van der Waals surface area contributed by atoms with Crippen molar-refractivity contribution in [2.24, 2.45) is 0 Å². The van der Waals surface area contributed by atoms with Crippen LogP contribution in [0, 0.1) is 20.4 Å². The normalized spacial score (nSPS) is 15.9. The Morgan fingerprint density at radius 2 is 1.98 bits per heavy atom. The van der Waals surface area contributed by atoms with E-state index >= 15 is 0 Å². The number of aryl methyl sites for hydroxylation is 3. The molecular weight excluding hydrogens is 552 g/mol. The molecular formula is C30H30N8O3S. The molecule has 2 fully saturated rings. The first kappa shape index (κ1) is 27.5. The molecule has 3 aromatic heterocycles. The smallest absolute Gasteiger partial charge is 0.277 e. The van der Waals surface area contributed by atoms with Crippen LogP contribution in [-0.2, 0) is 11.2 Å². The molecule has 0 radical (unpaired) electrons. The summed E-state index contributed by atoms with van der Waals surface area (Å²) in [6, 6.07) is 7.05. The molecule has 1 amide bonds. The average Bonchev–Trinajstić information content (AvgIpc) is 3.39. The maximum absolute atomic E-state index is 14.0. The first-order valence-electron chi connectivity index (χ1n) is 14.0. The van der Waals surface area contributed by atoms with Crippen molar-refractivity contribution in [2.45, 2.75) is 65.3 Å². The Morgan fingerprint density at radius 1 is 1.19 bits per heavy atom. The molecule has 42 heavy (non-hydrogen) atoms. The number of H-pyrrole nitrogens is 1. The Labute approximate surface area is 248 Å². The summed E-state index contributed by atoms with van der Waals surface area (Å²) >= 11 is 5.95. The Kier molecular flexibility index (Phi) is 6.77. The topological polar surface area (TPSA) is 113 Å². The van der Waals surface area contributed by atoms with Crippen molar-refractivity contribution in [3.05, 3.63) is 69.3 Å². The second kappa shape index (κ2) is 10.3. The zero-order valence-electron chi connectivity index (χ0n) is 23.9. The summed E-state index contributed by atoms with van der Waals surface area (Å²) in [5.41, 5.74) is 2.29. The first-order valence-corrected chi connectivity index (χ1v) is 14.4. The molecule has 1 saturated carbocycles. The molecule has 12 heteroatoms. The minimum atomic E-state index is -0.860. The van der Waals surface area contributed by atoms with Crippen LogP contribution in [0.4, 0.5) is 17.2 Å². The molecule has 1 N–H and O–H groups in total. The average molecular weight is 583 g/mol. The molecule has 11 nitrogen and oxygen atoms in total. The number of pyridine rings is 1. The van der Waals surface area contributed by atoms with Crippen molar-refractivity contribution in [3.8, 4) is 17.1 Å². The fraction of sp³-hybridized carbons (Fsp3) is 0.367. The van der Waals surface area contributed by atoms with Crippen molar-refractivity contribution in [2.75, 3.05) is 16.4 Å². The molecule has 0 atom stereocenters. The van der Waals surface area contributed by atoms with E-state index in [-0.39, 0.29) is 11.5 Å². The summed E-state index contributed by atoms with van der Waals surface area (Å²) < 4.78 is 7.52. The van der Waals surface area contributed by atoms with E-state index in [2.05, 4.69) is 14.8 Å². The molecule has 4 aromatic rings.